The molecule has 4 nitrogen and oxygen atoms in total. The number of hydrogen-bond acceptors (Lipinski definition) is 3. The molecule has 1 aliphatic carbocycles. The van der Waals surface area contributed by atoms with Crippen molar-refractivity contribution in [2.75, 3.05) is 13.6 Å². The molecule has 0 radical (unpaired) electrons. The Bertz CT molecular complexity index is 717. The molecule has 5 heteroatoms. The van der Waals surface area contributed by atoms with E-state index in [1.165, 1.54) is 11.1 Å². The van der Waals surface area contributed by atoms with Gasteiger partial charge in [-0.15, -0.1) is 0 Å². The van der Waals surface area contributed by atoms with E-state index in [-0.39, 0.29) is 29.4 Å². The lowest BCUT2D eigenvalue weighted by Gasteiger charge is -2.39. The summed E-state index contributed by atoms with van der Waals surface area (Å²) in [6.45, 7) is 1.07. The second kappa shape index (κ2) is 5.80. The second-order valence-corrected chi connectivity index (χ2v) is 5.80. The highest BCUT2D eigenvalue weighted by molar-refractivity contribution is 5.82. The Morgan fingerprint density at radius 2 is 1.86 bits per heavy atom. The third-order valence-corrected chi connectivity index (χ3v) is 4.72. The molecule has 4 N–H and O–H groups in total. The van der Waals surface area contributed by atoms with Gasteiger partial charge in [0.25, 0.3) is 0 Å². The lowest BCUT2D eigenvalue weighted by molar-refractivity contribution is -0.00000693. The SMILES string of the molecule is CN1CCc2cccc3c2C1Cc1ccc(O)c(O)c1-3.O.[Cl-]. The fourth-order valence-electron chi connectivity index (χ4n) is 3.67. The van der Waals surface area contributed by atoms with E-state index < -0.39 is 0 Å². The number of fused-ring (bicyclic) bond motifs is 2. The van der Waals surface area contributed by atoms with Crippen LogP contribution in [0.5, 0.6) is 11.5 Å². The van der Waals surface area contributed by atoms with Crippen LogP contribution in [0.25, 0.3) is 11.1 Å². The van der Waals surface area contributed by atoms with Crippen molar-refractivity contribution in [1.29, 1.82) is 0 Å². The molecule has 0 aromatic heterocycles. The molecule has 2 aliphatic rings. The summed E-state index contributed by atoms with van der Waals surface area (Å²) in [5, 5.41) is 20.1. The molecule has 0 spiro atoms. The van der Waals surface area contributed by atoms with E-state index in [9.17, 15) is 10.2 Å². The van der Waals surface area contributed by atoms with E-state index in [0.29, 0.717) is 6.04 Å². The Morgan fingerprint density at radius 3 is 2.64 bits per heavy atom. The molecule has 2 aromatic rings. The van der Waals surface area contributed by atoms with E-state index in [1.807, 2.05) is 6.07 Å². The number of rotatable bonds is 0. The van der Waals surface area contributed by atoms with Gasteiger partial charge in [-0.3, -0.25) is 4.90 Å². The van der Waals surface area contributed by atoms with E-state index in [2.05, 4.69) is 30.1 Å². The summed E-state index contributed by atoms with van der Waals surface area (Å²) in [7, 11) is 2.16. The zero-order valence-corrected chi connectivity index (χ0v) is 13.1. The number of halogens is 1. The van der Waals surface area contributed by atoms with Gasteiger partial charge in [-0.1, -0.05) is 24.3 Å². The molecular weight excluding hydrogens is 302 g/mol. The first-order valence-electron chi connectivity index (χ1n) is 7.03. The van der Waals surface area contributed by atoms with Crippen LogP contribution in [0, 0.1) is 0 Å². The van der Waals surface area contributed by atoms with Crippen LogP contribution in [0.4, 0.5) is 0 Å². The predicted molar refractivity (Wildman–Crippen MR) is 81.6 cm³/mol. The molecule has 0 bridgehead atoms. The minimum absolute atomic E-state index is 0. The monoisotopic (exact) mass is 320 g/mol. The van der Waals surface area contributed by atoms with Crippen LogP contribution >= 0.6 is 0 Å². The fraction of sp³-hybridized carbons (Fsp3) is 0.294. The average molecular weight is 321 g/mol. The van der Waals surface area contributed by atoms with Crippen molar-refractivity contribution in [2.24, 2.45) is 0 Å². The Labute approximate surface area is 135 Å². The third-order valence-electron chi connectivity index (χ3n) is 4.72. The number of hydrogen-bond donors (Lipinski definition) is 2. The maximum absolute atomic E-state index is 10.3. The zero-order chi connectivity index (χ0) is 13.9. The van der Waals surface area contributed by atoms with Gasteiger partial charge in [0.1, 0.15) is 0 Å². The maximum atomic E-state index is 10.3. The Morgan fingerprint density at radius 1 is 1.09 bits per heavy atom. The molecule has 1 atom stereocenters. The van der Waals surface area contributed by atoms with E-state index in [0.717, 1.165) is 36.1 Å². The Kier molecular flexibility index (Phi) is 4.38. The highest BCUT2D eigenvalue weighted by atomic mass is 35.5. The minimum Gasteiger partial charge on any atom is -1.00 e. The highest BCUT2D eigenvalue weighted by Gasteiger charge is 2.33. The molecule has 118 valence electrons. The highest BCUT2D eigenvalue weighted by Crippen LogP contribution is 2.49. The van der Waals surface area contributed by atoms with Crippen molar-refractivity contribution in [1.82, 2.24) is 4.90 Å². The molecule has 22 heavy (non-hydrogen) atoms. The number of likely N-dealkylation sites (N-methyl/N-ethyl adjacent to an activating group) is 1. The number of phenols is 2. The molecule has 1 unspecified atom stereocenters. The van der Waals surface area contributed by atoms with Crippen molar-refractivity contribution < 1.29 is 28.1 Å². The summed E-state index contributed by atoms with van der Waals surface area (Å²) in [5.41, 5.74) is 5.71. The normalized spacial score (nSPS) is 18.5. The van der Waals surface area contributed by atoms with Crippen LogP contribution < -0.4 is 12.4 Å². The van der Waals surface area contributed by atoms with Gasteiger partial charge in [0.2, 0.25) is 0 Å². The first kappa shape index (κ1) is 16.6. The first-order chi connectivity index (χ1) is 9.66. The largest absolute Gasteiger partial charge is 1.00 e. The van der Waals surface area contributed by atoms with Crippen molar-refractivity contribution in [2.45, 2.75) is 18.9 Å². The lowest BCUT2D eigenvalue weighted by atomic mass is 9.77. The summed E-state index contributed by atoms with van der Waals surface area (Å²) in [4.78, 5) is 2.39. The van der Waals surface area contributed by atoms with Crippen LogP contribution in [0.15, 0.2) is 30.3 Å². The molecular formula is C17H19ClNO3-. The first-order valence-corrected chi connectivity index (χ1v) is 7.03. The van der Waals surface area contributed by atoms with Gasteiger partial charge < -0.3 is 28.1 Å². The van der Waals surface area contributed by atoms with Crippen molar-refractivity contribution in [3.8, 4) is 22.6 Å². The fourth-order valence-corrected chi connectivity index (χ4v) is 3.67. The summed E-state index contributed by atoms with van der Waals surface area (Å²) in [5.74, 6) is -0.0217. The standard InChI is InChI=1S/C17H17NO2.ClH.H2O/c1-18-8-7-10-3-2-4-12-15(10)13(18)9-11-5-6-14(19)17(20)16(11)12;;/h2-6,13,19-20H,7-9H2,1H3;1H;1H2/p-1. The van der Waals surface area contributed by atoms with Gasteiger partial charge in [0.05, 0.1) is 0 Å². The molecule has 1 heterocycles. The molecule has 1 aliphatic heterocycles. The Balaban J connectivity index is 0.000000882. The third kappa shape index (κ3) is 2.15. The number of aromatic hydroxyl groups is 2. The van der Waals surface area contributed by atoms with E-state index >= 15 is 0 Å². The van der Waals surface area contributed by atoms with Crippen LogP contribution in [0.3, 0.4) is 0 Å². The molecule has 0 fully saturated rings. The van der Waals surface area contributed by atoms with Crippen molar-refractivity contribution >= 4 is 0 Å². The van der Waals surface area contributed by atoms with Crippen molar-refractivity contribution in [3.05, 3.63) is 47.0 Å². The van der Waals surface area contributed by atoms with Gasteiger partial charge in [0, 0.05) is 18.2 Å². The van der Waals surface area contributed by atoms with Gasteiger partial charge in [-0.2, -0.15) is 0 Å². The van der Waals surface area contributed by atoms with Gasteiger partial charge in [0.15, 0.2) is 11.5 Å². The molecule has 2 aromatic carbocycles. The predicted octanol–water partition coefficient (Wildman–Crippen LogP) is -0.971. The number of benzene rings is 2. The molecule has 0 saturated carbocycles. The lowest BCUT2D eigenvalue weighted by Crippen LogP contribution is -3.00. The maximum Gasteiger partial charge on any atom is 0.165 e. The summed E-state index contributed by atoms with van der Waals surface area (Å²) < 4.78 is 0. The zero-order valence-electron chi connectivity index (χ0n) is 12.3. The summed E-state index contributed by atoms with van der Waals surface area (Å²) in [6.07, 6.45) is 1.94. The van der Waals surface area contributed by atoms with E-state index in [4.69, 9.17) is 0 Å². The summed E-state index contributed by atoms with van der Waals surface area (Å²) in [6, 6.07) is 10.2. The van der Waals surface area contributed by atoms with Crippen LogP contribution in [0.2, 0.25) is 0 Å². The Hall–Kier alpha value is -1.75. The van der Waals surface area contributed by atoms with Crippen molar-refractivity contribution in [3.63, 3.8) is 0 Å². The van der Waals surface area contributed by atoms with Gasteiger partial charge in [-0.25, -0.2) is 0 Å². The quantitative estimate of drug-likeness (QED) is 0.613. The molecule has 4 rings (SSSR count). The van der Waals surface area contributed by atoms with Gasteiger partial charge >= 0.3 is 0 Å². The number of phenolic OH excluding ortho intramolecular Hbond substituents is 2. The van der Waals surface area contributed by atoms with Crippen LogP contribution in [-0.2, 0) is 12.8 Å². The molecule has 0 amide bonds. The van der Waals surface area contributed by atoms with Gasteiger partial charge in [-0.05, 0) is 48.2 Å². The number of nitrogens with zero attached hydrogens (tertiary/aromatic N) is 1. The topological polar surface area (TPSA) is 75.2 Å². The van der Waals surface area contributed by atoms with E-state index in [1.54, 1.807) is 6.07 Å². The molecule has 0 saturated heterocycles. The summed E-state index contributed by atoms with van der Waals surface area (Å²) >= 11 is 0. The average Bonchev–Trinajstić information content (AvgIpc) is 2.46. The van der Waals surface area contributed by atoms with Crippen LogP contribution in [0.1, 0.15) is 22.7 Å². The second-order valence-electron chi connectivity index (χ2n) is 5.80. The smallest absolute Gasteiger partial charge is 0.165 e. The van der Waals surface area contributed by atoms with Crippen LogP contribution in [-0.4, -0.2) is 34.2 Å². The minimum atomic E-state index is -0.0380.